The maximum absolute atomic E-state index is 14.5. The average Bonchev–Trinajstić information content (AvgIpc) is 3.56. The fourth-order valence-corrected chi connectivity index (χ4v) is 7.36. The van der Waals surface area contributed by atoms with E-state index in [9.17, 15) is 19.5 Å². The average molecular weight is 552 g/mol. The number of fused-ring (bicyclic) bond motifs is 1. The van der Waals surface area contributed by atoms with Crippen molar-refractivity contribution in [2.45, 2.75) is 89.3 Å². The van der Waals surface area contributed by atoms with Gasteiger partial charge in [0.05, 0.1) is 30.1 Å². The molecule has 2 bridgehead atoms. The number of likely N-dealkylation sites (tertiary alicyclic amines) is 1. The van der Waals surface area contributed by atoms with Crippen LogP contribution in [0.2, 0.25) is 0 Å². The van der Waals surface area contributed by atoms with Gasteiger partial charge in [0.1, 0.15) is 11.6 Å². The van der Waals surface area contributed by atoms with Crippen LogP contribution in [0.15, 0.2) is 55.6 Å². The number of ether oxygens (including phenoxy) is 1. The second kappa shape index (κ2) is 11.9. The maximum atomic E-state index is 14.5. The first-order chi connectivity index (χ1) is 19.2. The van der Waals surface area contributed by atoms with E-state index in [1.54, 1.807) is 26.9 Å². The molecule has 40 heavy (non-hydrogen) atoms. The van der Waals surface area contributed by atoms with Crippen molar-refractivity contribution in [1.82, 2.24) is 14.7 Å². The summed E-state index contributed by atoms with van der Waals surface area (Å²) in [6, 6.07) is 8.16. The first-order valence-corrected chi connectivity index (χ1v) is 14.6. The largest absolute Gasteiger partial charge is 0.394 e. The Labute approximate surface area is 238 Å². The van der Waals surface area contributed by atoms with Crippen molar-refractivity contribution in [3.63, 3.8) is 0 Å². The number of carbonyl (C=O) groups excluding carboxylic acids is 3. The van der Waals surface area contributed by atoms with Crippen molar-refractivity contribution in [2.75, 3.05) is 19.7 Å². The van der Waals surface area contributed by atoms with E-state index >= 15 is 0 Å². The number of amides is 3. The molecular weight excluding hydrogens is 506 g/mol. The summed E-state index contributed by atoms with van der Waals surface area (Å²) < 4.78 is 6.92. The van der Waals surface area contributed by atoms with Gasteiger partial charge in [-0.1, -0.05) is 56.3 Å². The molecule has 0 aliphatic carbocycles. The summed E-state index contributed by atoms with van der Waals surface area (Å²) in [4.78, 5) is 48.3. The van der Waals surface area contributed by atoms with Gasteiger partial charge in [0.25, 0.3) is 0 Å². The van der Waals surface area contributed by atoms with Gasteiger partial charge < -0.3 is 24.5 Å². The summed E-state index contributed by atoms with van der Waals surface area (Å²) >= 11 is 0. The summed E-state index contributed by atoms with van der Waals surface area (Å²) in [5.41, 5.74) is -0.980. The van der Waals surface area contributed by atoms with E-state index in [0.717, 1.165) is 5.56 Å². The van der Waals surface area contributed by atoms with Crippen LogP contribution in [0.3, 0.4) is 0 Å². The number of aliphatic hydroxyl groups is 1. The molecule has 8 nitrogen and oxygen atoms in total. The van der Waals surface area contributed by atoms with Gasteiger partial charge in [-0.2, -0.15) is 0 Å². The first-order valence-electron chi connectivity index (χ1n) is 14.6. The quantitative estimate of drug-likeness (QED) is 0.379. The molecule has 3 heterocycles. The van der Waals surface area contributed by atoms with Crippen LogP contribution < -0.4 is 0 Å². The number of aliphatic hydroxyl groups excluding tert-OH is 1. The summed E-state index contributed by atoms with van der Waals surface area (Å²) in [5.74, 6) is -2.17. The molecule has 3 aliphatic heterocycles. The lowest BCUT2D eigenvalue weighted by molar-refractivity contribution is -0.158. The molecule has 2 unspecified atom stereocenters. The minimum absolute atomic E-state index is 0.128. The third kappa shape index (κ3) is 4.69. The third-order valence-electron chi connectivity index (χ3n) is 9.30. The van der Waals surface area contributed by atoms with Gasteiger partial charge in [0.2, 0.25) is 17.7 Å². The molecule has 3 aliphatic rings. The molecule has 6 atom stereocenters. The predicted octanol–water partition coefficient (Wildman–Crippen LogP) is 3.55. The summed E-state index contributed by atoms with van der Waals surface area (Å²) in [6.07, 6.45) is 5.52. The van der Waals surface area contributed by atoms with Crippen LogP contribution in [0.4, 0.5) is 0 Å². The first kappa shape index (κ1) is 30.0. The number of carbonyl (C=O) groups is 3. The lowest BCUT2D eigenvalue weighted by Crippen LogP contribution is -2.59. The molecule has 1 N–H and O–H groups in total. The lowest BCUT2D eigenvalue weighted by atomic mass is 9.64. The van der Waals surface area contributed by atoms with Crippen LogP contribution in [0.5, 0.6) is 0 Å². The Bertz CT molecular complexity index is 1120. The van der Waals surface area contributed by atoms with E-state index in [0.29, 0.717) is 45.3 Å². The Morgan fingerprint density at radius 1 is 1.12 bits per heavy atom. The minimum Gasteiger partial charge on any atom is -0.394 e. The summed E-state index contributed by atoms with van der Waals surface area (Å²) in [5, 5.41) is 10.3. The summed E-state index contributed by atoms with van der Waals surface area (Å²) in [7, 11) is 0. The Balaban J connectivity index is 1.82. The molecule has 218 valence electrons. The predicted molar refractivity (Wildman–Crippen MR) is 154 cm³/mol. The molecule has 8 heteroatoms. The fourth-order valence-electron chi connectivity index (χ4n) is 7.36. The molecule has 1 spiro atoms. The molecule has 0 saturated carbocycles. The van der Waals surface area contributed by atoms with Gasteiger partial charge in [-0.05, 0) is 45.1 Å². The summed E-state index contributed by atoms with van der Waals surface area (Å²) in [6.45, 7) is 16.2. The van der Waals surface area contributed by atoms with E-state index in [2.05, 4.69) is 13.2 Å². The normalized spacial score (nSPS) is 29.4. The molecule has 3 saturated heterocycles. The van der Waals surface area contributed by atoms with E-state index in [4.69, 9.17) is 4.74 Å². The number of hydrogen-bond donors (Lipinski definition) is 1. The van der Waals surface area contributed by atoms with Crippen LogP contribution in [0.25, 0.3) is 0 Å². The lowest BCUT2D eigenvalue weighted by Gasteiger charge is -2.40. The van der Waals surface area contributed by atoms with Crippen LogP contribution in [0, 0.1) is 11.8 Å². The van der Waals surface area contributed by atoms with Crippen LogP contribution in [-0.2, 0) is 25.7 Å². The second-order valence-corrected chi connectivity index (χ2v) is 11.7. The third-order valence-corrected chi connectivity index (χ3v) is 9.30. The van der Waals surface area contributed by atoms with E-state index in [-0.39, 0.29) is 30.4 Å². The smallest absolute Gasteiger partial charge is 0.248 e. The van der Waals surface area contributed by atoms with Crippen molar-refractivity contribution >= 4 is 17.7 Å². The number of benzene rings is 1. The molecule has 3 fully saturated rings. The highest BCUT2D eigenvalue weighted by Crippen LogP contribution is 2.65. The molecule has 3 amide bonds. The highest BCUT2D eigenvalue weighted by Gasteiger charge is 2.79. The molecular formula is C32H45N3O5. The maximum Gasteiger partial charge on any atom is 0.248 e. The Kier molecular flexibility index (Phi) is 8.90. The standard InChI is InChI=1S/C32H45N3O5/c1-7-18-33(20-23-14-12-11-13-15-23)28(37)25-26-29(38)35(24(9-3)21-36)27(30(39)34(19-8-2)22(5)6)32(26)17-16-31(25,10-4)40-32/h7-8,11-15,22,24-27,36H,1-2,9-10,16-21H2,3-6H3/t24-,25+,26-,27?,31-,32?/m0/s1. The molecule has 0 radical (unpaired) electrons. The van der Waals surface area contributed by atoms with Gasteiger partial charge in [0, 0.05) is 25.7 Å². The zero-order valence-electron chi connectivity index (χ0n) is 24.4. The fraction of sp³-hybridized carbons (Fsp3) is 0.594. The number of nitrogens with zero attached hydrogens (tertiary/aromatic N) is 3. The Morgan fingerprint density at radius 2 is 1.80 bits per heavy atom. The van der Waals surface area contributed by atoms with Crippen LogP contribution in [-0.4, -0.2) is 86.6 Å². The highest BCUT2D eigenvalue weighted by atomic mass is 16.5. The topological polar surface area (TPSA) is 90.4 Å². The van der Waals surface area contributed by atoms with E-state index in [1.165, 1.54) is 0 Å². The minimum atomic E-state index is -1.13. The van der Waals surface area contributed by atoms with Gasteiger partial charge in [-0.25, -0.2) is 0 Å². The zero-order valence-corrected chi connectivity index (χ0v) is 24.4. The second-order valence-electron chi connectivity index (χ2n) is 11.7. The van der Waals surface area contributed by atoms with Gasteiger partial charge in [-0.3, -0.25) is 14.4 Å². The van der Waals surface area contributed by atoms with Crippen LogP contribution >= 0.6 is 0 Å². The van der Waals surface area contributed by atoms with Crippen molar-refractivity contribution in [3.05, 3.63) is 61.2 Å². The van der Waals surface area contributed by atoms with Crippen molar-refractivity contribution in [3.8, 4) is 0 Å². The van der Waals surface area contributed by atoms with Crippen LogP contribution in [0.1, 0.15) is 58.9 Å². The van der Waals surface area contributed by atoms with Crippen molar-refractivity contribution < 1.29 is 24.2 Å². The van der Waals surface area contributed by atoms with Gasteiger partial charge >= 0.3 is 0 Å². The van der Waals surface area contributed by atoms with Gasteiger partial charge in [-0.15, -0.1) is 13.2 Å². The SMILES string of the molecule is C=CCN(Cc1ccccc1)C(=O)[C@H]1[C@H]2C(=O)N([C@@H](CC)CO)C(C(=O)N(CC=C)C(C)C)C23CC[C@]1(CC)O3. The molecule has 1 aromatic carbocycles. The monoisotopic (exact) mass is 551 g/mol. The zero-order chi connectivity index (χ0) is 29.2. The highest BCUT2D eigenvalue weighted by molar-refractivity contribution is 5.99. The molecule has 1 aromatic rings. The van der Waals surface area contributed by atoms with Crippen molar-refractivity contribution in [2.24, 2.45) is 11.8 Å². The van der Waals surface area contributed by atoms with E-state index < -0.39 is 35.1 Å². The number of hydrogen-bond acceptors (Lipinski definition) is 5. The number of rotatable bonds is 13. The Morgan fingerprint density at radius 3 is 2.35 bits per heavy atom. The van der Waals surface area contributed by atoms with E-state index in [1.807, 2.05) is 58.0 Å². The van der Waals surface area contributed by atoms with Crippen molar-refractivity contribution in [1.29, 1.82) is 0 Å². The molecule has 0 aromatic heterocycles. The molecule has 4 rings (SSSR count). The van der Waals surface area contributed by atoms with Gasteiger partial charge in [0.15, 0.2) is 0 Å². The Hall–Kier alpha value is -2.97.